The monoisotopic (exact) mass is 279 g/mol. The maximum Gasteiger partial charge on any atom is 0.231 e. The van der Waals surface area contributed by atoms with Crippen LogP contribution in [0.15, 0.2) is 47.0 Å². The number of rotatable bonds is 2. The van der Waals surface area contributed by atoms with Crippen molar-refractivity contribution < 1.29 is 4.52 Å². The van der Waals surface area contributed by atoms with E-state index in [-0.39, 0.29) is 0 Å². The molecule has 4 rings (SSSR count). The molecule has 1 fully saturated rings. The second-order valence-corrected chi connectivity index (χ2v) is 5.53. The highest BCUT2D eigenvalue weighted by Gasteiger charge is 2.22. The van der Waals surface area contributed by atoms with E-state index in [4.69, 9.17) is 4.52 Å². The molecule has 21 heavy (non-hydrogen) atoms. The highest BCUT2D eigenvalue weighted by Crippen LogP contribution is 2.29. The van der Waals surface area contributed by atoms with Crippen LogP contribution in [0.2, 0.25) is 0 Å². The summed E-state index contributed by atoms with van der Waals surface area (Å²) in [5.41, 5.74) is 1.03. The average molecular weight is 279 g/mol. The van der Waals surface area contributed by atoms with Gasteiger partial charge in [0.15, 0.2) is 0 Å². The number of fused-ring (bicyclic) bond motifs is 1. The van der Waals surface area contributed by atoms with Gasteiger partial charge < -0.3 is 9.84 Å². The van der Waals surface area contributed by atoms with Gasteiger partial charge in [0.1, 0.15) is 0 Å². The molecule has 4 nitrogen and oxygen atoms in total. The van der Waals surface area contributed by atoms with E-state index in [0.29, 0.717) is 11.7 Å². The summed E-state index contributed by atoms with van der Waals surface area (Å²) in [7, 11) is 0. The molecule has 1 aliphatic heterocycles. The fraction of sp³-hybridized carbons (Fsp3) is 0.294. The first kappa shape index (κ1) is 12.5. The van der Waals surface area contributed by atoms with Gasteiger partial charge in [-0.3, -0.25) is 0 Å². The molecule has 3 aromatic rings. The first-order chi connectivity index (χ1) is 10.4. The Bertz CT molecular complexity index is 754. The predicted octanol–water partition coefficient (Wildman–Crippen LogP) is 3.36. The van der Waals surface area contributed by atoms with Gasteiger partial charge in [-0.15, -0.1) is 0 Å². The molecule has 0 aliphatic carbocycles. The molecule has 2 aromatic carbocycles. The number of hydrogen-bond acceptors (Lipinski definition) is 4. The largest absolute Gasteiger partial charge is 0.339 e. The van der Waals surface area contributed by atoms with Crippen molar-refractivity contribution in [1.29, 1.82) is 0 Å². The molecule has 1 N–H and O–H groups in total. The van der Waals surface area contributed by atoms with Crippen LogP contribution >= 0.6 is 0 Å². The Hall–Kier alpha value is -2.20. The third-order valence-electron chi connectivity index (χ3n) is 4.12. The molecular weight excluding hydrogens is 262 g/mol. The lowest BCUT2D eigenvalue weighted by Gasteiger charge is -2.18. The summed E-state index contributed by atoms with van der Waals surface area (Å²) in [5.74, 6) is 1.78. The van der Waals surface area contributed by atoms with Gasteiger partial charge in [-0.05, 0) is 30.2 Å². The molecule has 0 radical (unpaired) electrons. The number of nitrogens with one attached hydrogen (secondary N) is 1. The molecule has 0 spiro atoms. The average Bonchev–Trinajstić information content (AvgIpc) is 3.05. The van der Waals surface area contributed by atoms with Gasteiger partial charge in [0.2, 0.25) is 11.7 Å². The van der Waals surface area contributed by atoms with Crippen LogP contribution in [0.25, 0.3) is 22.2 Å². The van der Waals surface area contributed by atoms with Crippen molar-refractivity contribution in [2.24, 2.45) is 0 Å². The summed E-state index contributed by atoms with van der Waals surface area (Å²) in [6.45, 7) is 2.01. The third-order valence-corrected chi connectivity index (χ3v) is 4.12. The van der Waals surface area contributed by atoms with Crippen LogP contribution in [0.1, 0.15) is 24.7 Å². The summed E-state index contributed by atoms with van der Waals surface area (Å²) in [4.78, 5) is 4.64. The number of nitrogens with zero attached hydrogens (tertiary/aromatic N) is 2. The molecule has 1 aliphatic rings. The Labute approximate surface area is 123 Å². The van der Waals surface area contributed by atoms with Crippen LogP contribution in [0.3, 0.4) is 0 Å². The van der Waals surface area contributed by atoms with Crippen molar-refractivity contribution in [3.8, 4) is 11.4 Å². The second-order valence-electron chi connectivity index (χ2n) is 5.53. The summed E-state index contributed by atoms with van der Waals surface area (Å²) < 4.78 is 5.51. The van der Waals surface area contributed by atoms with Crippen molar-refractivity contribution in [3.63, 3.8) is 0 Å². The molecule has 2 heterocycles. The minimum Gasteiger partial charge on any atom is -0.339 e. The Morgan fingerprint density at radius 2 is 2.00 bits per heavy atom. The van der Waals surface area contributed by atoms with Crippen LogP contribution < -0.4 is 5.32 Å². The van der Waals surface area contributed by atoms with Gasteiger partial charge in [0.05, 0.1) is 5.92 Å². The molecule has 0 bridgehead atoms. The zero-order valence-electron chi connectivity index (χ0n) is 11.7. The first-order valence-electron chi connectivity index (χ1n) is 7.44. The number of aromatic nitrogens is 2. The fourth-order valence-corrected chi connectivity index (χ4v) is 2.99. The lowest BCUT2D eigenvalue weighted by atomic mass is 10.00. The van der Waals surface area contributed by atoms with Gasteiger partial charge in [0, 0.05) is 12.1 Å². The fourth-order valence-electron chi connectivity index (χ4n) is 2.99. The van der Waals surface area contributed by atoms with Crippen LogP contribution in [0, 0.1) is 0 Å². The first-order valence-corrected chi connectivity index (χ1v) is 7.44. The van der Waals surface area contributed by atoms with E-state index in [1.54, 1.807) is 0 Å². The summed E-state index contributed by atoms with van der Waals surface area (Å²) >= 11 is 0. The van der Waals surface area contributed by atoms with E-state index < -0.39 is 0 Å². The van der Waals surface area contributed by atoms with Gasteiger partial charge in [-0.1, -0.05) is 47.6 Å². The molecule has 1 saturated heterocycles. The smallest absolute Gasteiger partial charge is 0.231 e. The highest BCUT2D eigenvalue weighted by molar-refractivity contribution is 5.94. The molecule has 1 unspecified atom stereocenters. The molecule has 0 saturated carbocycles. The van der Waals surface area contributed by atoms with E-state index in [0.717, 1.165) is 42.8 Å². The quantitative estimate of drug-likeness (QED) is 0.781. The lowest BCUT2D eigenvalue weighted by Crippen LogP contribution is -2.28. The molecule has 106 valence electrons. The zero-order chi connectivity index (χ0) is 14.1. The normalized spacial score (nSPS) is 19.0. The SMILES string of the molecule is c1ccc2c(-c3noc(C4CCCNC4)n3)cccc2c1. The molecule has 1 aromatic heterocycles. The third kappa shape index (κ3) is 2.32. The van der Waals surface area contributed by atoms with E-state index in [1.807, 2.05) is 18.2 Å². The minimum atomic E-state index is 0.343. The van der Waals surface area contributed by atoms with E-state index in [1.165, 1.54) is 5.39 Å². The summed E-state index contributed by atoms with van der Waals surface area (Å²) in [5, 5.41) is 9.94. The van der Waals surface area contributed by atoms with Gasteiger partial charge in [-0.25, -0.2) is 0 Å². The lowest BCUT2D eigenvalue weighted by molar-refractivity contribution is 0.322. The van der Waals surface area contributed by atoms with Crippen LogP contribution in [-0.4, -0.2) is 23.2 Å². The molecule has 4 heteroatoms. The second kappa shape index (κ2) is 5.30. The molecule has 1 atom stereocenters. The Kier molecular flexibility index (Phi) is 3.16. The van der Waals surface area contributed by atoms with E-state index in [9.17, 15) is 0 Å². The Morgan fingerprint density at radius 3 is 2.90 bits per heavy atom. The standard InChI is InChI=1S/C17H17N3O/c1-2-8-14-12(5-1)6-3-9-15(14)16-19-17(21-20-16)13-7-4-10-18-11-13/h1-3,5-6,8-9,13,18H,4,7,10-11H2. The van der Waals surface area contributed by atoms with Crippen molar-refractivity contribution in [2.45, 2.75) is 18.8 Å². The summed E-state index contributed by atoms with van der Waals surface area (Å²) in [6.07, 6.45) is 2.28. The molecular formula is C17H17N3O. The minimum absolute atomic E-state index is 0.343. The van der Waals surface area contributed by atoms with Gasteiger partial charge >= 0.3 is 0 Å². The zero-order valence-corrected chi connectivity index (χ0v) is 11.7. The van der Waals surface area contributed by atoms with Crippen molar-refractivity contribution in [2.75, 3.05) is 13.1 Å². The number of hydrogen-bond donors (Lipinski definition) is 1. The van der Waals surface area contributed by atoms with Crippen LogP contribution in [-0.2, 0) is 0 Å². The van der Waals surface area contributed by atoms with E-state index in [2.05, 4.69) is 39.7 Å². The number of piperidine rings is 1. The van der Waals surface area contributed by atoms with Crippen LogP contribution in [0.4, 0.5) is 0 Å². The molecule has 0 amide bonds. The predicted molar refractivity (Wildman–Crippen MR) is 82.1 cm³/mol. The maximum atomic E-state index is 5.51. The van der Waals surface area contributed by atoms with Crippen molar-refractivity contribution in [1.82, 2.24) is 15.5 Å². The van der Waals surface area contributed by atoms with Gasteiger partial charge in [0.25, 0.3) is 0 Å². The van der Waals surface area contributed by atoms with Crippen LogP contribution in [0.5, 0.6) is 0 Å². The maximum absolute atomic E-state index is 5.51. The summed E-state index contributed by atoms with van der Waals surface area (Å²) in [6, 6.07) is 14.5. The van der Waals surface area contributed by atoms with Crippen molar-refractivity contribution in [3.05, 3.63) is 48.4 Å². The highest BCUT2D eigenvalue weighted by atomic mass is 16.5. The number of benzene rings is 2. The van der Waals surface area contributed by atoms with E-state index >= 15 is 0 Å². The Morgan fingerprint density at radius 1 is 1.10 bits per heavy atom. The van der Waals surface area contributed by atoms with Crippen molar-refractivity contribution >= 4 is 10.8 Å². The topological polar surface area (TPSA) is 51.0 Å². The Balaban J connectivity index is 1.74. The van der Waals surface area contributed by atoms with Gasteiger partial charge in [-0.2, -0.15) is 4.98 Å².